The highest BCUT2D eigenvalue weighted by atomic mass is 19.1. The number of benzene rings is 2. The minimum Gasteiger partial charge on any atom is -0.493 e. The van der Waals surface area contributed by atoms with Gasteiger partial charge in [-0.25, -0.2) is 9.37 Å². The number of aromatic nitrogens is 2. The van der Waals surface area contributed by atoms with Crippen LogP contribution in [-0.4, -0.2) is 59.0 Å². The van der Waals surface area contributed by atoms with Crippen molar-refractivity contribution in [3.63, 3.8) is 0 Å². The van der Waals surface area contributed by atoms with Crippen LogP contribution in [0.5, 0.6) is 5.88 Å². The number of halogens is 1. The number of rotatable bonds is 11. The van der Waals surface area contributed by atoms with Crippen molar-refractivity contribution in [2.45, 2.75) is 57.5 Å². The lowest BCUT2D eigenvalue weighted by atomic mass is 9.91. The van der Waals surface area contributed by atoms with Crippen molar-refractivity contribution in [3.05, 3.63) is 83.4 Å². The van der Waals surface area contributed by atoms with E-state index in [1.54, 1.807) is 25.4 Å². The molecule has 3 N–H and O–H groups in total. The molecule has 3 heterocycles. The molecule has 1 aliphatic heterocycles. The van der Waals surface area contributed by atoms with Gasteiger partial charge in [0.25, 0.3) is 0 Å². The Hall–Kier alpha value is -3.26. The SMILES string of the molecule is COCCCn1c(C2CCCN(CCC(N)Cc3ccc(-c4ccc(O)nc4)cc3)C2)c(C)c2cccc(F)c21. The highest BCUT2D eigenvalue weighted by Crippen LogP contribution is 2.36. The van der Waals surface area contributed by atoms with Crippen LogP contribution in [0.25, 0.3) is 22.0 Å². The summed E-state index contributed by atoms with van der Waals surface area (Å²) in [6.45, 7) is 6.60. The highest BCUT2D eigenvalue weighted by Gasteiger charge is 2.28. The maximum Gasteiger partial charge on any atom is 0.210 e. The molecule has 2 atom stereocenters. The lowest BCUT2D eigenvalue weighted by Crippen LogP contribution is -2.38. The van der Waals surface area contributed by atoms with Crippen LogP contribution < -0.4 is 5.73 Å². The largest absolute Gasteiger partial charge is 0.493 e. The molecule has 40 heavy (non-hydrogen) atoms. The Kier molecular flexibility index (Phi) is 9.15. The third-order valence-electron chi connectivity index (χ3n) is 8.31. The smallest absolute Gasteiger partial charge is 0.210 e. The summed E-state index contributed by atoms with van der Waals surface area (Å²) in [6, 6.07) is 17.4. The summed E-state index contributed by atoms with van der Waals surface area (Å²) in [5.41, 5.74) is 13.1. The molecule has 0 bridgehead atoms. The summed E-state index contributed by atoms with van der Waals surface area (Å²) in [5, 5.41) is 10.4. The maximum absolute atomic E-state index is 15.0. The number of aryl methyl sites for hydroxylation is 2. The number of likely N-dealkylation sites (tertiary alicyclic amines) is 1. The second-order valence-electron chi connectivity index (χ2n) is 11.1. The lowest BCUT2D eigenvalue weighted by Gasteiger charge is -2.34. The number of ether oxygens (including phenoxy) is 1. The van der Waals surface area contributed by atoms with E-state index in [0.717, 1.165) is 80.3 Å². The molecule has 2 aromatic heterocycles. The summed E-state index contributed by atoms with van der Waals surface area (Å²) in [6.07, 6.45) is 6.56. The molecule has 2 unspecified atom stereocenters. The zero-order valence-electron chi connectivity index (χ0n) is 23.7. The lowest BCUT2D eigenvalue weighted by molar-refractivity contribution is 0.186. The Labute approximate surface area is 236 Å². The van der Waals surface area contributed by atoms with Gasteiger partial charge >= 0.3 is 0 Å². The van der Waals surface area contributed by atoms with Gasteiger partial charge in [0.1, 0.15) is 5.82 Å². The first-order chi connectivity index (χ1) is 19.4. The first-order valence-electron chi connectivity index (χ1n) is 14.4. The first kappa shape index (κ1) is 28.3. The van der Waals surface area contributed by atoms with Crippen LogP contribution in [0.4, 0.5) is 4.39 Å². The van der Waals surface area contributed by atoms with Gasteiger partial charge in [-0.2, -0.15) is 0 Å². The van der Waals surface area contributed by atoms with Gasteiger partial charge in [-0.1, -0.05) is 36.4 Å². The number of para-hydroxylation sites is 1. The topological polar surface area (TPSA) is 76.5 Å². The molecule has 212 valence electrons. The van der Waals surface area contributed by atoms with E-state index in [1.807, 2.05) is 12.1 Å². The number of methoxy groups -OCH3 is 1. The fourth-order valence-corrected chi connectivity index (χ4v) is 6.30. The van der Waals surface area contributed by atoms with Crippen molar-refractivity contribution < 1.29 is 14.2 Å². The minimum absolute atomic E-state index is 0.0277. The van der Waals surface area contributed by atoms with Crippen LogP contribution >= 0.6 is 0 Å². The van der Waals surface area contributed by atoms with E-state index in [-0.39, 0.29) is 17.7 Å². The number of hydrogen-bond acceptors (Lipinski definition) is 5. The number of nitrogens with zero attached hydrogens (tertiary/aromatic N) is 3. The predicted octanol–water partition coefficient (Wildman–Crippen LogP) is 6.03. The molecule has 0 radical (unpaired) electrons. The van der Waals surface area contributed by atoms with Gasteiger partial charge in [0, 0.05) is 67.7 Å². The molecule has 1 saturated heterocycles. The van der Waals surface area contributed by atoms with Crippen LogP contribution in [0.3, 0.4) is 0 Å². The van der Waals surface area contributed by atoms with Crippen LogP contribution in [0.2, 0.25) is 0 Å². The second kappa shape index (κ2) is 12.9. The molecule has 0 spiro atoms. The second-order valence-corrected chi connectivity index (χ2v) is 11.1. The average Bonchev–Trinajstić information content (AvgIpc) is 3.25. The molecule has 2 aromatic carbocycles. The van der Waals surface area contributed by atoms with E-state index < -0.39 is 0 Å². The monoisotopic (exact) mass is 544 g/mol. The normalized spacial score (nSPS) is 16.9. The molecule has 0 amide bonds. The molecule has 1 aliphatic rings. The summed E-state index contributed by atoms with van der Waals surface area (Å²) in [4.78, 5) is 6.51. The van der Waals surface area contributed by atoms with Crippen molar-refractivity contribution >= 4 is 10.9 Å². The Morgan fingerprint density at radius 3 is 2.65 bits per heavy atom. The molecular formula is C33H41FN4O2. The van der Waals surface area contributed by atoms with Gasteiger partial charge < -0.3 is 25.0 Å². The number of fused-ring (bicyclic) bond motifs is 1. The van der Waals surface area contributed by atoms with E-state index in [2.05, 4.69) is 51.7 Å². The number of pyridine rings is 1. The zero-order valence-corrected chi connectivity index (χ0v) is 23.7. The van der Waals surface area contributed by atoms with E-state index in [9.17, 15) is 5.11 Å². The minimum atomic E-state index is -0.143. The molecule has 6 nitrogen and oxygen atoms in total. The summed E-state index contributed by atoms with van der Waals surface area (Å²) >= 11 is 0. The third kappa shape index (κ3) is 6.38. The van der Waals surface area contributed by atoms with E-state index in [1.165, 1.54) is 16.8 Å². The Morgan fingerprint density at radius 2 is 1.90 bits per heavy atom. The van der Waals surface area contributed by atoms with E-state index >= 15 is 4.39 Å². The fraction of sp³-hybridized carbons (Fsp3) is 0.424. The van der Waals surface area contributed by atoms with Gasteiger partial charge in [0.2, 0.25) is 5.88 Å². The van der Waals surface area contributed by atoms with Crippen molar-refractivity contribution in [1.82, 2.24) is 14.5 Å². The average molecular weight is 545 g/mol. The van der Waals surface area contributed by atoms with Gasteiger partial charge in [-0.15, -0.1) is 0 Å². The van der Waals surface area contributed by atoms with Crippen molar-refractivity contribution in [2.75, 3.05) is 33.4 Å². The van der Waals surface area contributed by atoms with Crippen LogP contribution in [0.1, 0.15) is 48.4 Å². The summed E-state index contributed by atoms with van der Waals surface area (Å²) in [7, 11) is 1.72. The Balaban J connectivity index is 1.21. The van der Waals surface area contributed by atoms with Gasteiger partial charge in [-0.05, 0) is 80.9 Å². The summed E-state index contributed by atoms with van der Waals surface area (Å²) in [5.74, 6) is 0.261. The van der Waals surface area contributed by atoms with Crippen molar-refractivity contribution in [1.29, 1.82) is 0 Å². The Bertz CT molecular complexity index is 1400. The first-order valence-corrected chi connectivity index (χ1v) is 14.4. The zero-order chi connectivity index (χ0) is 28.1. The molecule has 5 rings (SSSR count). The third-order valence-corrected chi connectivity index (χ3v) is 8.31. The standard InChI is InChI=1S/C33H41FN4O2/c1-23-29-7-3-8-30(34)33(29)38(17-5-19-40-2)32(23)27-6-4-16-37(22-27)18-15-28(35)20-24-9-11-25(12-10-24)26-13-14-31(39)36-21-26/h3,7-14,21,27-28H,4-6,15-20,22,35H2,1-2H3,(H,36,39). The number of piperidine rings is 1. The molecule has 1 fully saturated rings. The Morgan fingerprint density at radius 1 is 1.10 bits per heavy atom. The molecule has 7 heteroatoms. The fourth-order valence-electron chi connectivity index (χ4n) is 6.30. The van der Waals surface area contributed by atoms with Crippen LogP contribution in [0, 0.1) is 12.7 Å². The van der Waals surface area contributed by atoms with Crippen LogP contribution in [0.15, 0.2) is 60.8 Å². The van der Waals surface area contributed by atoms with Crippen molar-refractivity contribution in [2.24, 2.45) is 5.73 Å². The quantitative estimate of drug-likeness (QED) is 0.226. The molecule has 0 saturated carbocycles. The molecule has 4 aromatic rings. The molecule has 0 aliphatic carbocycles. The number of nitrogens with two attached hydrogens (primary N) is 1. The predicted molar refractivity (Wildman–Crippen MR) is 159 cm³/mol. The summed E-state index contributed by atoms with van der Waals surface area (Å²) < 4.78 is 22.6. The van der Waals surface area contributed by atoms with Crippen molar-refractivity contribution in [3.8, 4) is 17.0 Å². The van der Waals surface area contributed by atoms with E-state index in [0.29, 0.717) is 12.5 Å². The van der Waals surface area contributed by atoms with Gasteiger partial charge in [0.15, 0.2) is 0 Å². The van der Waals surface area contributed by atoms with E-state index in [4.69, 9.17) is 10.5 Å². The number of hydrogen-bond donors (Lipinski definition) is 2. The van der Waals surface area contributed by atoms with Gasteiger partial charge in [-0.3, -0.25) is 0 Å². The highest BCUT2D eigenvalue weighted by molar-refractivity contribution is 5.86. The number of aromatic hydroxyl groups is 1. The molecular weight excluding hydrogens is 503 g/mol. The maximum atomic E-state index is 15.0. The van der Waals surface area contributed by atoms with Gasteiger partial charge in [0.05, 0.1) is 5.52 Å². The van der Waals surface area contributed by atoms with Crippen LogP contribution in [-0.2, 0) is 17.7 Å².